The van der Waals surface area contributed by atoms with Crippen LogP contribution >= 0.6 is 0 Å². The van der Waals surface area contributed by atoms with Crippen LogP contribution in [0.15, 0.2) is 30.3 Å². The number of aromatic nitrogens is 2. The predicted molar refractivity (Wildman–Crippen MR) is 89.2 cm³/mol. The number of rotatable bonds is 5. The van der Waals surface area contributed by atoms with Crippen molar-refractivity contribution >= 4 is 5.91 Å². The number of likely N-dealkylation sites (N-methyl/N-ethyl adjacent to an activating group) is 1. The van der Waals surface area contributed by atoms with Crippen LogP contribution in [0.5, 0.6) is 0 Å². The van der Waals surface area contributed by atoms with Gasteiger partial charge in [-0.05, 0) is 19.7 Å². The molecular formula is C17H23N5O. The predicted octanol–water partition coefficient (Wildman–Crippen LogP) is 1.09. The molecule has 0 radical (unpaired) electrons. The Labute approximate surface area is 136 Å². The molecule has 122 valence electrons. The van der Waals surface area contributed by atoms with Gasteiger partial charge in [-0.3, -0.25) is 9.89 Å². The van der Waals surface area contributed by atoms with Crippen molar-refractivity contribution in [2.24, 2.45) is 0 Å². The first-order valence-electron chi connectivity index (χ1n) is 7.93. The van der Waals surface area contributed by atoms with Gasteiger partial charge < -0.3 is 15.5 Å². The molecule has 6 heteroatoms. The van der Waals surface area contributed by atoms with E-state index >= 15 is 0 Å². The number of amides is 1. The van der Waals surface area contributed by atoms with Crippen LogP contribution in [0.3, 0.4) is 0 Å². The van der Waals surface area contributed by atoms with Gasteiger partial charge in [0.2, 0.25) is 0 Å². The van der Waals surface area contributed by atoms with E-state index in [0.29, 0.717) is 18.8 Å². The van der Waals surface area contributed by atoms with Gasteiger partial charge in [0.1, 0.15) is 0 Å². The van der Waals surface area contributed by atoms with Crippen LogP contribution in [-0.4, -0.2) is 48.2 Å². The molecule has 0 saturated carbocycles. The molecule has 1 unspecified atom stereocenters. The van der Waals surface area contributed by atoms with Crippen molar-refractivity contribution in [2.75, 3.05) is 27.2 Å². The molecule has 1 aromatic carbocycles. The molecule has 1 amide bonds. The second-order valence-electron chi connectivity index (χ2n) is 6.06. The molecule has 0 saturated heterocycles. The zero-order valence-electron chi connectivity index (χ0n) is 13.6. The summed E-state index contributed by atoms with van der Waals surface area (Å²) >= 11 is 0. The van der Waals surface area contributed by atoms with E-state index in [4.69, 9.17) is 0 Å². The Morgan fingerprint density at radius 1 is 1.35 bits per heavy atom. The average Bonchev–Trinajstić information content (AvgIpc) is 2.99. The van der Waals surface area contributed by atoms with Crippen LogP contribution in [0.4, 0.5) is 0 Å². The van der Waals surface area contributed by atoms with Crippen molar-refractivity contribution in [2.45, 2.75) is 19.0 Å². The molecule has 0 fully saturated rings. The number of benzene rings is 1. The minimum absolute atomic E-state index is 0.117. The normalized spacial score (nSPS) is 15.3. The highest BCUT2D eigenvalue weighted by Gasteiger charge is 2.22. The number of hydrogen-bond acceptors (Lipinski definition) is 4. The summed E-state index contributed by atoms with van der Waals surface area (Å²) in [5.74, 6) is -0.117. The lowest BCUT2D eigenvalue weighted by Gasteiger charge is -2.25. The Hall–Kier alpha value is -2.18. The first-order valence-corrected chi connectivity index (χ1v) is 7.93. The molecule has 2 heterocycles. The zero-order chi connectivity index (χ0) is 16.2. The summed E-state index contributed by atoms with van der Waals surface area (Å²) < 4.78 is 0. The highest BCUT2D eigenvalue weighted by Crippen LogP contribution is 2.18. The smallest absolute Gasteiger partial charge is 0.272 e. The van der Waals surface area contributed by atoms with E-state index in [-0.39, 0.29) is 11.9 Å². The Morgan fingerprint density at radius 3 is 2.87 bits per heavy atom. The van der Waals surface area contributed by atoms with Crippen LogP contribution in [0.1, 0.15) is 33.4 Å². The Balaban J connectivity index is 1.69. The molecule has 0 aliphatic carbocycles. The molecule has 1 atom stereocenters. The maximum Gasteiger partial charge on any atom is 0.272 e. The zero-order valence-corrected chi connectivity index (χ0v) is 13.6. The maximum atomic E-state index is 12.5. The van der Waals surface area contributed by atoms with Crippen molar-refractivity contribution in [3.05, 3.63) is 52.8 Å². The monoisotopic (exact) mass is 313 g/mol. The van der Waals surface area contributed by atoms with Gasteiger partial charge in [-0.2, -0.15) is 5.10 Å². The number of carbonyl (C=O) groups is 1. The summed E-state index contributed by atoms with van der Waals surface area (Å²) in [4.78, 5) is 14.6. The van der Waals surface area contributed by atoms with E-state index in [1.807, 2.05) is 32.3 Å². The summed E-state index contributed by atoms with van der Waals surface area (Å²) in [5.41, 5.74) is 3.76. The van der Waals surface area contributed by atoms with Crippen molar-refractivity contribution < 1.29 is 4.79 Å². The van der Waals surface area contributed by atoms with Crippen molar-refractivity contribution in [1.29, 1.82) is 0 Å². The van der Waals surface area contributed by atoms with Crippen molar-refractivity contribution in [3.8, 4) is 0 Å². The molecule has 1 aliphatic heterocycles. The SMILES string of the molecule is CN(C)C(CNC(=O)c1n[nH]c2c1CNCC2)c1ccccc1. The van der Waals surface area contributed by atoms with Gasteiger partial charge in [-0.25, -0.2) is 0 Å². The average molecular weight is 313 g/mol. The van der Waals surface area contributed by atoms with E-state index < -0.39 is 0 Å². The van der Waals surface area contributed by atoms with Crippen molar-refractivity contribution in [3.63, 3.8) is 0 Å². The highest BCUT2D eigenvalue weighted by molar-refractivity contribution is 5.94. The molecule has 23 heavy (non-hydrogen) atoms. The summed E-state index contributed by atoms with van der Waals surface area (Å²) in [6, 6.07) is 10.3. The van der Waals surface area contributed by atoms with Gasteiger partial charge in [0.05, 0.1) is 6.04 Å². The first kappa shape index (κ1) is 15.7. The Kier molecular flexibility index (Phi) is 4.73. The number of nitrogens with zero attached hydrogens (tertiary/aromatic N) is 2. The minimum atomic E-state index is -0.117. The van der Waals surface area contributed by atoms with Crippen LogP contribution in [-0.2, 0) is 13.0 Å². The van der Waals surface area contributed by atoms with Gasteiger partial charge in [0.25, 0.3) is 5.91 Å². The first-order chi connectivity index (χ1) is 11.2. The standard InChI is InChI=1S/C17H23N5O/c1-22(2)15(12-6-4-3-5-7-12)11-19-17(23)16-13-10-18-9-8-14(13)20-21-16/h3-7,15,18H,8-11H2,1-2H3,(H,19,23)(H,20,21). The lowest BCUT2D eigenvalue weighted by molar-refractivity contribution is 0.0935. The number of aromatic amines is 1. The number of hydrogen-bond donors (Lipinski definition) is 3. The second-order valence-corrected chi connectivity index (χ2v) is 6.06. The van der Waals surface area contributed by atoms with E-state index in [1.54, 1.807) is 0 Å². The molecule has 3 N–H and O–H groups in total. The minimum Gasteiger partial charge on any atom is -0.349 e. The Morgan fingerprint density at radius 2 is 2.13 bits per heavy atom. The molecule has 6 nitrogen and oxygen atoms in total. The van der Waals surface area contributed by atoms with Gasteiger partial charge in [-0.1, -0.05) is 30.3 Å². The number of carbonyl (C=O) groups excluding carboxylic acids is 1. The molecule has 0 bridgehead atoms. The van der Waals surface area contributed by atoms with Crippen LogP contribution in [0.2, 0.25) is 0 Å². The van der Waals surface area contributed by atoms with Gasteiger partial charge in [-0.15, -0.1) is 0 Å². The number of H-pyrrole nitrogens is 1. The highest BCUT2D eigenvalue weighted by atomic mass is 16.1. The fourth-order valence-electron chi connectivity index (χ4n) is 2.96. The van der Waals surface area contributed by atoms with E-state index in [2.05, 4.69) is 37.9 Å². The molecule has 1 aromatic heterocycles. The number of nitrogens with one attached hydrogen (secondary N) is 3. The molecule has 0 spiro atoms. The van der Waals surface area contributed by atoms with Gasteiger partial charge >= 0.3 is 0 Å². The largest absolute Gasteiger partial charge is 0.349 e. The maximum absolute atomic E-state index is 12.5. The third-order valence-electron chi connectivity index (χ3n) is 4.29. The van der Waals surface area contributed by atoms with Gasteiger partial charge in [0, 0.05) is 37.3 Å². The topological polar surface area (TPSA) is 73.0 Å². The summed E-state index contributed by atoms with van der Waals surface area (Å²) in [5, 5.41) is 13.5. The van der Waals surface area contributed by atoms with E-state index in [1.165, 1.54) is 5.56 Å². The molecule has 1 aliphatic rings. The van der Waals surface area contributed by atoms with Crippen LogP contribution < -0.4 is 10.6 Å². The fraction of sp³-hybridized carbons (Fsp3) is 0.412. The molecule has 3 rings (SSSR count). The lowest BCUT2D eigenvalue weighted by Crippen LogP contribution is -2.35. The third kappa shape index (κ3) is 3.43. The van der Waals surface area contributed by atoms with E-state index in [0.717, 1.165) is 24.2 Å². The fourth-order valence-corrected chi connectivity index (χ4v) is 2.96. The van der Waals surface area contributed by atoms with Gasteiger partial charge in [0.15, 0.2) is 5.69 Å². The second kappa shape index (κ2) is 6.93. The summed E-state index contributed by atoms with van der Waals surface area (Å²) in [7, 11) is 4.04. The van der Waals surface area contributed by atoms with Crippen LogP contribution in [0.25, 0.3) is 0 Å². The molecular weight excluding hydrogens is 290 g/mol. The summed E-state index contributed by atoms with van der Waals surface area (Å²) in [6.45, 7) is 2.17. The lowest BCUT2D eigenvalue weighted by atomic mass is 10.1. The van der Waals surface area contributed by atoms with E-state index in [9.17, 15) is 4.79 Å². The summed E-state index contributed by atoms with van der Waals surface area (Å²) in [6.07, 6.45) is 0.889. The molecule has 2 aromatic rings. The number of fused-ring (bicyclic) bond motifs is 1. The third-order valence-corrected chi connectivity index (χ3v) is 4.29. The Bertz CT molecular complexity index is 665. The quantitative estimate of drug-likeness (QED) is 0.772. The van der Waals surface area contributed by atoms with Crippen molar-refractivity contribution in [1.82, 2.24) is 25.7 Å². The van der Waals surface area contributed by atoms with Crippen LogP contribution in [0, 0.1) is 0 Å².